The lowest BCUT2D eigenvalue weighted by Crippen LogP contribution is -2.23. The van der Waals surface area contributed by atoms with Crippen molar-refractivity contribution in [2.75, 3.05) is 20.1 Å². The largest absolute Gasteiger partial charge is 0.381 e. The molecule has 0 amide bonds. The van der Waals surface area contributed by atoms with E-state index in [9.17, 15) is 4.79 Å². The molecule has 0 aliphatic carbocycles. The van der Waals surface area contributed by atoms with Gasteiger partial charge in [0, 0.05) is 19.5 Å². The van der Waals surface area contributed by atoms with E-state index in [1.165, 1.54) is 4.74 Å². The zero-order valence-electron chi connectivity index (χ0n) is 9.45. The Hall–Kier alpha value is -1.03. The molecule has 15 heavy (non-hydrogen) atoms. The third kappa shape index (κ3) is 2.00. The summed E-state index contributed by atoms with van der Waals surface area (Å²) in [5, 5.41) is 0. The first kappa shape index (κ1) is 10.5. The summed E-state index contributed by atoms with van der Waals surface area (Å²) < 4.78 is 7.09. The summed E-state index contributed by atoms with van der Waals surface area (Å²) in [6.07, 6.45) is 2.62. The summed E-state index contributed by atoms with van der Waals surface area (Å²) in [6.45, 7) is 4.68. The molecule has 0 fully saturated rings. The van der Waals surface area contributed by atoms with Crippen LogP contribution in [0.1, 0.15) is 24.7 Å². The van der Waals surface area contributed by atoms with Crippen molar-refractivity contribution in [1.29, 1.82) is 0 Å². The minimum Gasteiger partial charge on any atom is -0.381 e. The first-order valence-corrected chi connectivity index (χ1v) is 5.62. The third-order valence-electron chi connectivity index (χ3n) is 2.93. The molecule has 0 atom stereocenters. The maximum absolute atomic E-state index is 11.9. The van der Waals surface area contributed by atoms with Crippen LogP contribution in [0.15, 0.2) is 9.32 Å². The zero-order chi connectivity index (χ0) is 10.8. The molecule has 0 radical (unpaired) electrons. The highest BCUT2D eigenvalue weighted by molar-refractivity contribution is 5.16. The fourth-order valence-corrected chi connectivity index (χ4v) is 2.00. The van der Waals surface area contributed by atoms with E-state index in [-0.39, 0.29) is 5.56 Å². The molecule has 1 aliphatic heterocycles. The number of likely N-dealkylation sites (N-methyl/N-ethyl adjacent to an activating group) is 1. The van der Waals surface area contributed by atoms with Gasteiger partial charge in [0.2, 0.25) is 0 Å². The number of hydrogen-bond acceptors (Lipinski definition) is 3. The highest BCUT2D eigenvalue weighted by Gasteiger charge is 2.20. The van der Waals surface area contributed by atoms with Gasteiger partial charge in [-0.2, -0.15) is 4.74 Å². The average Bonchev–Trinajstić information content (AvgIpc) is 2.40. The van der Waals surface area contributed by atoms with E-state index in [1.54, 1.807) is 0 Å². The molecule has 0 saturated heterocycles. The summed E-state index contributed by atoms with van der Waals surface area (Å²) in [6, 6.07) is 0. The molecule has 4 heteroatoms. The van der Waals surface area contributed by atoms with E-state index in [2.05, 4.69) is 11.9 Å². The molecule has 2 heterocycles. The molecule has 0 aromatic carbocycles. The van der Waals surface area contributed by atoms with Crippen molar-refractivity contribution >= 4 is 0 Å². The van der Waals surface area contributed by atoms with Crippen LogP contribution in [0.4, 0.5) is 0 Å². The van der Waals surface area contributed by atoms with Gasteiger partial charge in [0.05, 0.1) is 12.1 Å². The first-order chi connectivity index (χ1) is 7.22. The summed E-state index contributed by atoms with van der Waals surface area (Å²) in [4.78, 5) is 14.1. The second-order valence-electron chi connectivity index (χ2n) is 4.20. The van der Waals surface area contributed by atoms with Gasteiger partial charge in [-0.05, 0) is 19.9 Å². The van der Waals surface area contributed by atoms with Crippen molar-refractivity contribution in [1.82, 2.24) is 9.64 Å². The summed E-state index contributed by atoms with van der Waals surface area (Å²) in [7, 11) is 2.08. The number of fused-ring (bicyclic) bond motifs is 1. The van der Waals surface area contributed by atoms with Crippen molar-refractivity contribution in [3.63, 3.8) is 0 Å². The molecular weight excluding hydrogens is 192 g/mol. The normalized spacial score (nSPS) is 17.5. The van der Waals surface area contributed by atoms with Crippen LogP contribution in [0.5, 0.6) is 0 Å². The molecule has 1 aromatic heterocycles. The summed E-state index contributed by atoms with van der Waals surface area (Å²) in [5.74, 6) is 0.901. The molecule has 2 rings (SSSR count). The van der Waals surface area contributed by atoms with E-state index >= 15 is 0 Å². The lowest BCUT2D eigenvalue weighted by Gasteiger charge is -2.11. The second-order valence-corrected chi connectivity index (χ2v) is 4.20. The summed E-state index contributed by atoms with van der Waals surface area (Å²) >= 11 is 0. The van der Waals surface area contributed by atoms with Crippen LogP contribution in [0, 0.1) is 0 Å². The second kappa shape index (κ2) is 4.23. The Bertz CT molecular complexity index is 392. The number of aromatic nitrogens is 1. The Balaban J connectivity index is 2.30. The van der Waals surface area contributed by atoms with Crippen LogP contribution in [0.2, 0.25) is 0 Å². The number of rotatable bonds is 2. The SMILES string of the molecule is CCCn1oc2c(c1=O)CCN(C)CC2. The Morgan fingerprint density at radius 2 is 2.07 bits per heavy atom. The van der Waals surface area contributed by atoms with Crippen molar-refractivity contribution in [2.45, 2.75) is 32.7 Å². The molecule has 1 aromatic rings. The van der Waals surface area contributed by atoms with Gasteiger partial charge in [0.15, 0.2) is 0 Å². The van der Waals surface area contributed by atoms with E-state index in [0.717, 1.165) is 43.7 Å². The third-order valence-corrected chi connectivity index (χ3v) is 2.93. The predicted octanol–water partition coefficient (Wildman–Crippen LogP) is 0.882. The quantitative estimate of drug-likeness (QED) is 0.727. The highest BCUT2D eigenvalue weighted by Crippen LogP contribution is 2.12. The Labute approximate surface area is 89.4 Å². The van der Waals surface area contributed by atoms with Crippen molar-refractivity contribution < 1.29 is 4.52 Å². The minimum absolute atomic E-state index is 0.0853. The fraction of sp³-hybridized carbons (Fsp3) is 0.727. The molecule has 1 aliphatic rings. The van der Waals surface area contributed by atoms with Crippen LogP contribution in [-0.4, -0.2) is 29.8 Å². The van der Waals surface area contributed by atoms with Crippen molar-refractivity contribution in [3.8, 4) is 0 Å². The first-order valence-electron chi connectivity index (χ1n) is 5.62. The predicted molar refractivity (Wildman–Crippen MR) is 58.2 cm³/mol. The van der Waals surface area contributed by atoms with Gasteiger partial charge in [0.25, 0.3) is 5.56 Å². The van der Waals surface area contributed by atoms with Gasteiger partial charge in [-0.1, -0.05) is 6.92 Å². The van der Waals surface area contributed by atoms with Gasteiger partial charge < -0.3 is 9.42 Å². The standard InChI is InChI=1S/C11H18N2O2/c1-3-6-13-11(14)9-4-7-12(2)8-5-10(9)15-13/h3-8H2,1-2H3. The van der Waals surface area contributed by atoms with Crippen LogP contribution in [-0.2, 0) is 19.4 Å². The van der Waals surface area contributed by atoms with Gasteiger partial charge in [-0.3, -0.25) is 4.79 Å². The van der Waals surface area contributed by atoms with Crippen LogP contribution in [0.25, 0.3) is 0 Å². The maximum atomic E-state index is 11.9. The Kier molecular flexibility index (Phi) is 2.95. The number of hydrogen-bond donors (Lipinski definition) is 0. The molecule has 0 bridgehead atoms. The van der Waals surface area contributed by atoms with Crippen LogP contribution in [0.3, 0.4) is 0 Å². The molecule has 0 N–H and O–H groups in total. The number of aryl methyl sites for hydroxylation is 1. The topological polar surface area (TPSA) is 38.4 Å². The summed E-state index contributed by atoms with van der Waals surface area (Å²) in [5.41, 5.74) is 0.981. The van der Waals surface area contributed by atoms with E-state index in [0.29, 0.717) is 6.54 Å². The van der Waals surface area contributed by atoms with Crippen LogP contribution < -0.4 is 5.56 Å². The van der Waals surface area contributed by atoms with Gasteiger partial charge in [-0.25, -0.2) is 0 Å². The minimum atomic E-state index is 0.0853. The molecular formula is C11H18N2O2. The monoisotopic (exact) mass is 210 g/mol. The molecule has 0 spiro atoms. The lowest BCUT2D eigenvalue weighted by atomic mass is 10.2. The van der Waals surface area contributed by atoms with E-state index < -0.39 is 0 Å². The zero-order valence-corrected chi connectivity index (χ0v) is 9.45. The molecule has 0 unspecified atom stereocenters. The average molecular weight is 210 g/mol. The van der Waals surface area contributed by atoms with Gasteiger partial charge in [0.1, 0.15) is 5.76 Å². The van der Waals surface area contributed by atoms with Crippen molar-refractivity contribution in [2.24, 2.45) is 0 Å². The number of nitrogens with zero attached hydrogens (tertiary/aromatic N) is 2. The van der Waals surface area contributed by atoms with Gasteiger partial charge in [-0.15, -0.1) is 0 Å². The molecule has 0 saturated carbocycles. The van der Waals surface area contributed by atoms with Gasteiger partial charge >= 0.3 is 0 Å². The smallest absolute Gasteiger partial charge is 0.285 e. The van der Waals surface area contributed by atoms with Crippen molar-refractivity contribution in [3.05, 3.63) is 21.7 Å². The van der Waals surface area contributed by atoms with Crippen LogP contribution >= 0.6 is 0 Å². The van der Waals surface area contributed by atoms with E-state index in [1.807, 2.05) is 6.92 Å². The molecule has 84 valence electrons. The highest BCUT2D eigenvalue weighted by atomic mass is 16.5. The van der Waals surface area contributed by atoms with E-state index in [4.69, 9.17) is 4.52 Å². The Morgan fingerprint density at radius 1 is 1.33 bits per heavy atom. The lowest BCUT2D eigenvalue weighted by molar-refractivity contribution is 0.234. The fourth-order valence-electron chi connectivity index (χ4n) is 2.00. The molecule has 4 nitrogen and oxygen atoms in total. The maximum Gasteiger partial charge on any atom is 0.285 e. The Morgan fingerprint density at radius 3 is 2.80 bits per heavy atom.